The molecular weight excluding hydrogens is 1310 g/mol. The van der Waals surface area contributed by atoms with Crippen molar-refractivity contribution in [1.82, 2.24) is 0 Å². The summed E-state index contributed by atoms with van der Waals surface area (Å²) in [5.41, 5.74) is 0. The van der Waals surface area contributed by atoms with E-state index in [0.717, 1.165) is 186 Å². The van der Waals surface area contributed by atoms with E-state index in [1.165, 1.54) is 12.8 Å². The Labute approximate surface area is 605 Å². The van der Waals surface area contributed by atoms with Gasteiger partial charge in [0.15, 0.2) is 12.2 Å². The second kappa shape index (κ2) is 72.3. The quantitative estimate of drug-likeness (QED) is 0.0169. The molecule has 0 bridgehead atoms. The number of unbranched alkanes of at least 4 members (excludes halogenated alkanes) is 20. The minimum Gasteiger partial charge on any atom is -0.462 e. The normalized spacial score (nSPS) is 14.8. The van der Waals surface area contributed by atoms with Crippen molar-refractivity contribution in [3.05, 3.63) is 146 Å². The zero-order valence-corrected chi connectivity index (χ0v) is 63.9. The Kier molecular flexibility index (Phi) is 68.6. The van der Waals surface area contributed by atoms with Gasteiger partial charge in [0.05, 0.1) is 26.4 Å². The number of phosphoric acid groups is 2. The first-order chi connectivity index (χ1) is 48.7. The summed E-state index contributed by atoms with van der Waals surface area (Å²) in [6.07, 6.45) is 81.4. The number of rotatable bonds is 70. The van der Waals surface area contributed by atoms with Crippen LogP contribution in [0, 0.1) is 0 Å². The molecule has 17 nitrogen and oxygen atoms in total. The predicted molar refractivity (Wildman–Crippen MR) is 408 cm³/mol. The Hall–Kier alpha value is -5.06. The van der Waals surface area contributed by atoms with E-state index in [9.17, 15) is 43.2 Å². The molecule has 0 amide bonds. The van der Waals surface area contributed by atoms with Gasteiger partial charge >= 0.3 is 39.5 Å². The third-order valence-corrected chi connectivity index (χ3v) is 17.2. The van der Waals surface area contributed by atoms with E-state index in [2.05, 4.69) is 161 Å². The van der Waals surface area contributed by atoms with Crippen LogP contribution in [0.15, 0.2) is 146 Å². The predicted octanol–water partition coefficient (Wildman–Crippen LogP) is 21.9. The summed E-state index contributed by atoms with van der Waals surface area (Å²) in [4.78, 5) is 72.8. The van der Waals surface area contributed by atoms with Gasteiger partial charge in [0.25, 0.3) is 0 Å². The fourth-order valence-corrected chi connectivity index (χ4v) is 11.1. The Bertz CT molecular complexity index is 2470. The van der Waals surface area contributed by atoms with Crippen LogP contribution in [0.25, 0.3) is 0 Å². The second-order valence-electron chi connectivity index (χ2n) is 24.8. The van der Waals surface area contributed by atoms with Crippen LogP contribution < -0.4 is 0 Å². The van der Waals surface area contributed by atoms with Gasteiger partial charge in [-0.1, -0.05) is 257 Å². The summed E-state index contributed by atoms with van der Waals surface area (Å²) in [6.45, 7) is 4.42. The molecule has 0 aromatic carbocycles. The Morgan fingerprint density at radius 3 is 0.890 bits per heavy atom. The number of allylic oxidation sites excluding steroid dienone is 24. The lowest BCUT2D eigenvalue weighted by atomic mass is 10.1. The minimum atomic E-state index is -5.00. The summed E-state index contributed by atoms with van der Waals surface area (Å²) in [5, 5.41) is 10.6. The van der Waals surface area contributed by atoms with Crippen molar-refractivity contribution in [2.24, 2.45) is 0 Å². The average Bonchev–Trinajstić information content (AvgIpc) is 1.05. The van der Waals surface area contributed by atoms with Crippen molar-refractivity contribution >= 4 is 39.5 Å². The lowest BCUT2D eigenvalue weighted by molar-refractivity contribution is -0.161. The number of carbonyl (C=O) groups is 4. The van der Waals surface area contributed by atoms with Crippen LogP contribution in [-0.2, 0) is 65.4 Å². The smallest absolute Gasteiger partial charge is 0.462 e. The molecule has 0 saturated heterocycles. The molecule has 0 aliphatic heterocycles. The number of aliphatic hydroxyl groups excluding tert-OH is 1. The molecule has 0 aromatic heterocycles. The minimum absolute atomic E-state index is 0.00848. The molecule has 0 spiro atoms. The van der Waals surface area contributed by atoms with Gasteiger partial charge in [0.1, 0.15) is 19.3 Å². The largest absolute Gasteiger partial charge is 0.472 e. The average molecular weight is 1440 g/mol. The molecule has 0 aliphatic carbocycles. The maximum atomic E-state index is 13.1. The van der Waals surface area contributed by atoms with Gasteiger partial charge in [-0.05, 0) is 148 Å². The van der Waals surface area contributed by atoms with Crippen LogP contribution in [0.3, 0.4) is 0 Å². The van der Waals surface area contributed by atoms with Crippen LogP contribution in [0.5, 0.6) is 0 Å². The molecule has 19 heteroatoms. The number of carbonyl (C=O) groups excluding carboxylic acids is 4. The van der Waals surface area contributed by atoms with Crippen molar-refractivity contribution < 1.29 is 80.2 Å². The van der Waals surface area contributed by atoms with E-state index < -0.39 is 97.5 Å². The molecule has 0 rings (SSSR count). The van der Waals surface area contributed by atoms with E-state index in [-0.39, 0.29) is 25.7 Å². The molecule has 0 fully saturated rings. The number of phosphoric ester groups is 2. The summed E-state index contributed by atoms with van der Waals surface area (Å²) in [5.74, 6) is -2.29. The molecule has 0 aromatic rings. The van der Waals surface area contributed by atoms with Crippen molar-refractivity contribution in [1.29, 1.82) is 0 Å². The van der Waals surface area contributed by atoms with Crippen molar-refractivity contribution in [2.45, 2.75) is 303 Å². The molecule has 0 radical (unpaired) electrons. The maximum absolute atomic E-state index is 13.1. The fraction of sp³-hybridized carbons (Fsp3) is 0.654. The van der Waals surface area contributed by atoms with Crippen LogP contribution in [0.4, 0.5) is 0 Å². The van der Waals surface area contributed by atoms with Gasteiger partial charge in [-0.25, -0.2) is 9.13 Å². The summed E-state index contributed by atoms with van der Waals surface area (Å²) in [6, 6.07) is 0. The molecule has 5 atom stereocenters. The number of aliphatic hydroxyl groups is 1. The zero-order chi connectivity index (χ0) is 73.2. The van der Waals surface area contributed by atoms with Crippen LogP contribution in [-0.4, -0.2) is 96.7 Å². The highest BCUT2D eigenvalue weighted by Crippen LogP contribution is 2.45. The van der Waals surface area contributed by atoms with E-state index in [1.807, 2.05) is 12.2 Å². The summed E-state index contributed by atoms with van der Waals surface area (Å²) in [7, 11) is -9.98. The van der Waals surface area contributed by atoms with Gasteiger partial charge in [0.2, 0.25) is 0 Å². The van der Waals surface area contributed by atoms with Crippen molar-refractivity contribution in [2.75, 3.05) is 39.6 Å². The van der Waals surface area contributed by atoms with Crippen LogP contribution in [0.2, 0.25) is 0 Å². The van der Waals surface area contributed by atoms with E-state index in [0.29, 0.717) is 32.1 Å². The molecule has 100 heavy (non-hydrogen) atoms. The number of esters is 4. The highest BCUT2D eigenvalue weighted by atomic mass is 31.2. The Morgan fingerprint density at radius 2 is 0.550 bits per heavy atom. The Morgan fingerprint density at radius 1 is 0.290 bits per heavy atom. The van der Waals surface area contributed by atoms with Crippen molar-refractivity contribution in [3.63, 3.8) is 0 Å². The third kappa shape index (κ3) is 71.3. The molecule has 0 saturated carbocycles. The second-order valence-corrected chi connectivity index (χ2v) is 27.7. The Balaban J connectivity index is 5.42. The monoisotopic (exact) mass is 1440 g/mol. The molecular formula is C81H134O17P2. The third-order valence-electron chi connectivity index (χ3n) is 15.2. The number of hydrogen-bond acceptors (Lipinski definition) is 15. The fourth-order valence-electron chi connectivity index (χ4n) is 9.50. The topological polar surface area (TPSA) is 237 Å². The lowest BCUT2D eigenvalue weighted by Crippen LogP contribution is -2.30. The first-order valence-electron chi connectivity index (χ1n) is 38.1. The molecule has 570 valence electrons. The van der Waals surface area contributed by atoms with Crippen LogP contribution >= 0.6 is 15.6 Å². The van der Waals surface area contributed by atoms with Gasteiger partial charge in [-0.2, -0.15) is 0 Å². The van der Waals surface area contributed by atoms with Gasteiger partial charge in [-0.3, -0.25) is 37.3 Å². The summed E-state index contributed by atoms with van der Waals surface area (Å²) >= 11 is 0. The zero-order valence-electron chi connectivity index (χ0n) is 62.1. The van der Waals surface area contributed by atoms with E-state index >= 15 is 0 Å². The number of ether oxygens (including phenoxy) is 4. The van der Waals surface area contributed by atoms with Crippen LogP contribution in [0.1, 0.15) is 285 Å². The van der Waals surface area contributed by atoms with Crippen molar-refractivity contribution in [3.8, 4) is 0 Å². The first kappa shape index (κ1) is 94.9. The molecule has 3 N–H and O–H groups in total. The van der Waals surface area contributed by atoms with E-state index in [4.69, 9.17) is 37.0 Å². The molecule has 0 aliphatic rings. The molecule has 5 unspecified atom stereocenters. The highest BCUT2D eigenvalue weighted by Gasteiger charge is 2.30. The lowest BCUT2D eigenvalue weighted by Gasteiger charge is -2.21. The standard InChI is InChI=1S/C81H134O17P2/c1-5-9-13-17-21-25-29-32-34-36-37-39-40-43-47-50-54-58-62-66-79(84)92-72-77(98-81(86)68-64-60-56-52-48-44-41-38-35-33-30-26-22-18-14-10-6-2)74-96-100(89,90)94-70-75(82)69-93-99(87,88)95-73-76(97-80(85)67-63-59-55-51-45-28-24-20-16-12-8-4)71-91-78(83)65-61-57-53-49-46-42-31-27-23-19-15-11-7-3/h9-10,13-15,19-22,24-27,31-35,37,39,41,44,52,56,75-77,82H,5-8,11-12,16-18,23,28-30,36,38,40,42-43,45-51,53-55,57-74H2,1-4H3,(H,87,88)(H,89,90)/b13-9-,14-10-,19-15-,24-20-,25-21-,26-22-,31-27-,34-32-,35-33-,39-37-,44-41-,56-52-. The highest BCUT2D eigenvalue weighted by molar-refractivity contribution is 7.47. The van der Waals surface area contributed by atoms with E-state index in [1.54, 1.807) is 0 Å². The molecule has 0 heterocycles. The van der Waals surface area contributed by atoms with Gasteiger partial charge in [0, 0.05) is 25.7 Å². The van der Waals surface area contributed by atoms with Gasteiger partial charge in [-0.15, -0.1) is 0 Å². The summed E-state index contributed by atoms with van der Waals surface area (Å²) < 4.78 is 68.3. The maximum Gasteiger partial charge on any atom is 0.472 e. The SMILES string of the molecule is CC/C=C\C/C=C\C/C=C\C/C=C\C/C=C\CCCC(=O)OC(COC(=O)CCCCCCCC/C=C\C/C=C\C/C=C\C/C=C\CC)COP(=O)(O)OCC(O)COP(=O)(O)OCC(COC(=O)CCCCCCC/C=C\C/C=C\CCC)OC(=O)CCCCCCC/C=C\CCCC. The number of hydrogen-bond donors (Lipinski definition) is 3. The first-order valence-corrected chi connectivity index (χ1v) is 41.1. The van der Waals surface area contributed by atoms with Gasteiger partial charge < -0.3 is 33.8 Å².